The average molecular weight is 268 g/mol. The molecule has 1 heterocycles. The number of ether oxygens (including phenoxy) is 1. The van der Waals surface area contributed by atoms with Gasteiger partial charge in [-0.3, -0.25) is 4.79 Å². The molecule has 0 aliphatic carbocycles. The first-order chi connectivity index (χ1) is 9.13. The second-order valence-corrected chi connectivity index (χ2v) is 4.45. The van der Waals surface area contributed by atoms with Gasteiger partial charge in [-0.2, -0.15) is 0 Å². The van der Waals surface area contributed by atoms with Gasteiger partial charge in [0.05, 0.1) is 12.6 Å². The molecular weight excluding hydrogens is 251 g/mol. The van der Waals surface area contributed by atoms with Gasteiger partial charge in [-0.05, 0) is 6.07 Å². The molecule has 5 nitrogen and oxygen atoms in total. The Bertz CT molecular complexity index is 467. The molecule has 2 unspecified atom stereocenters. The molecule has 6 heteroatoms. The van der Waals surface area contributed by atoms with Crippen LogP contribution in [-0.2, 0) is 4.79 Å². The molecule has 4 N–H and O–H groups in total. The van der Waals surface area contributed by atoms with Crippen molar-refractivity contribution in [3.8, 4) is 5.75 Å². The topological polar surface area (TPSA) is 84.6 Å². The lowest BCUT2D eigenvalue weighted by Crippen LogP contribution is -2.40. The second kappa shape index (κ2) is 5.99. The van der Waals surface area contributed by atoms with E-state index in [1.165, 1.54) is 12.1 Å². The van der Waals surface area contributed by atoms with Crippen LogP contribution in [0.5, 0.6) is 5.75 Å². The molecule has 2 rings (SSSR count). The van der Waals surface area contributed by atoms with Gasteiger partial charge < -0.3 is 20.9 Å². The largest absolute Gasteiger partial charge is 0.490 e. The predicted molar refractivity (Wildman–Crippen MR) is 67.1 cm³/mol. The SMILES string of the molecule is NCCC(=O)NC1CCOc2c(F)cccc2C1O. The van der Waals surface area contributed by atoms with Gasteiger partial charge in [0.15, 0.2) is 11.6 Å². The van der Waals surface area contributed by atoms with Crippen LogP contribution in [0.1, 0.15) is 24.5 Å². The number of rotatable bonds is 3. The van der Waals surface area contributed by atoms with Crippen LogP contribution in [0, 0.1) is 5.82 Å². The summed E-state index contributed by atoms with van der Waals surface area (Å²) in [6.45, 7) is 0.481. The van der Waals surface area contributed by atoms with Crippen LogP contribution < -0.4 is 15.8 Å². The number of carbonyl (C=O) groups excluding carboxylic acids is 1. The Kier molecular flexibility index (Phi) is 4.34. The van der Waals surface area contributed by atoms with Crippen molar-refractivity contribution in [2.45, 2.75) is 25.0 Å². The van der Waals surface area contributed by atoms with E-state index in [-0.39, 0.29) is 31.2 Å². The normalized spacial score (nSPS) is 22.1. The van der Waals surface area contributed by atoms with Crippen molar-refractivity contribution in [1.82, 2.24) is 5.32 Å². The van der Waals surface area contributed by atoms with E-state index < -0.39 is 18.0 Å². The number of benzene rings is 1. The molecule has 0 fully saturated rings. The molecule has 0 radical (unpaired) electrons. The van der Waals surface area contributed by atoms with Crippen LogP contribution >= 0.6 is 0 Å². The zero-order chi connectivity index (χ0) is 13.8. The van der Waals surface area contributed by atoms with Crippen LogP contribution in [0.2, 0.25) is 0 Å². The van der Waals surface area contributed by atoms with E-state index in [4.69, 9.17) is 10.5 Å². The van der Waals surface area contributed by atoms with Crippen molar-refractivity contribution >= 4 is 5.91 Å². The summed E-state index contributed by atoms with van der Waals surface area (Å²) in [5.74, 6) is -0.678. The van der Waals surface area contributed by atoms with Gasteiger partial charge in [0, 0.05) is 24.9 Å². The monoisotopic (exact) mass is 268 g/mol. The molecular formula is C13H17FN2O3. The molecule has 0 bridgehead atoms. The number of halogens is 1. The fourth-order valence-corrected chi connectivity index (χ4v) is 2.13. The van der Waals surface area contributed by atoms with Crippen molar-refractivity contribution in [2.75, 3.05) is 13.2 Å². The summed E-state index contributed by atoms with van der Waals surface area (Å²) in [6.07, 6.45) is -0.388. The van der Waals surface area contributed by atoms with Crippen LogP contribution in [0.4, 0.5) is 4.39 Å². The Labute approximate surface area is 110 Å². The molecule has 0 spiro atoms. The molecule has 0 aromatic heterocycles. The minimum absolute atomic E-state index is 0.0607. The lowest BCUT2D eigenvalue weighted by molar-refractivity contribution is -0.122. The highest BCUT2D eigenvalue weighted by Crippen LogP contribution is 2.33. The molecule has 0 saturated carbocycles. The molecule has 0 saturated heterocycles. The van der Waals surface area contributed by atoms with E-state index in [2.05, 4.69) is 5.32 Å². The molecule has 1 aliphatic rings. The second-order valence-electron chi connectivity index (χ2n) is 4.45. The number of nitrogens with two attached hydrogens (primary N) is 1. The van der Waals surface area contributed by atoms with Crippen LogP contribution in [0.15, 0.2) is 18.2 Å². The predicted octanol–water partition coefficient (Wildman–Crippen LogP) is 0.475. The molecule has 1 amide bonds. The smallest absolute Gasteiger partial charge is 0.221 e. The first kappa shape index (κ1) is 13.8. The first-order valence-electron chi connectivity index (χ1n) is 6.22. The third-order valence-corrected chi connectivity index (χ3v) is 3.09. The number of hydrogen-bond acceptors (Lipinski definition) is 4. The average Bonchev–Trinajstić information content (AvgIpc) is 2.53. The Balaban J connectivity index is 2.19. The molecule has 2 atom stereocenters. The molecule has 104 valence electrons. The minimum Gasteiger partial charge on any atom is -0.490 e. The Hall–Kier alpha value is -1.66. The van der Waals surface area contributed by atoms with Gasteiger partial charge >= 0.3 is 0 Å². The van der Waals surface area contributed by atoms with Gasteiger partial charge in [-0.15, -0.1) is 0 Å². The summed E-state index contributed by atoms with van der Waals surface area (Å²) in [5.41, 5.74) is 5.66. The molecule has 1 aliphatic heterocycles. The van der Waals surface area contributed by atoms with Gasteiger partial charge in [0.1, 0.15) is 6.10 Å². The van der Waals surface area contributed by atoms with Crippen LogP contribution in [-0.4, -0.2) is 30.2 Å². The number of amides is 1. The number of hydrogen-bond donors (Lipinski definition) is 3. The minimum atomic E-state index is -0.991. The number of aliphatic hydroxyl groups excluding tert-OH is 1. The van der Waals surface area contributed by atoms with Crippen molar-refractivity contribution in [2.24, 2.45) is 5.73 Å². The van der Waals surface area contributed by atoms with Crippen molar-refractivity contribution in [1.29, 1.82) is 0 Å². The van der Waals surface area contributed by atoms with E-state index in [1.54, 1.807) is 6.07 Å². The van der Waals surface area contributed by atoms with Gasteiger partial charge in [-0.1, -0.05) is 12.1 Å². The standard InChI is InChI=1S/C13H17FN2O3/c14-9-3-1-2-8-12(18)10(5-7-19-13(8)9)16-11(17)4-6-15/h1-3,10,12,18H,4-7,15H2,(H,16,17). The Morgan fingerprint density at radius 2 is 2.37 bits per heavy atom. The lowest BCUT2D eigenvalue weighted by Gasteiger charge is -2.21. The van der Waals surface area contributed by atoms with E-state index in [9.17, 15) is 14.3 Å². The van der Waals surface area contributed by atoms with E-state index >= 15 is 0 Å². The highest BCUT2D eigenvalue weighted by atomic mass is 19.1. The quantitative estimate of drug-likeness (QED) is 0.744. The van der Waals surface area contributed by atoms with Gasteiger partial charge in [0.2, 0.25) is 5.91 Å². The number of carbonyl (C=O) groups is 1. The van der Waals surface area contributed by atoms with Crippen LogP contribution in [0.3, 0.4) is 0 Å². The molecule has 19 heavy (non-hydrogen) atoms. The van der Waals surface area contributed by atoms with Gasteiger partial charge in [0.25, 0.3) is 0 Å². The number of nitrogens with one attached hydrogen (secondary N) is 1. The number of para-hydroxylation sites is 1. The summed E-state index contributed by atoms with van der Waals surface area (Å²) < 4.78 is 18.9. The van der Waals surface area contributed by atoms with E-state index in [1.807, 2.05) is 0 Å². The van der Waals surface area contributed by atoms with Crippen LogP contribution in [0.25, 0.3) is 0 Å². The lowest BCUT2D eigenvalue weighted by atomic mass is 10.00. The molecule has 1 aromatic rings. The summed E-state index contributed by atoms with van der Waals surface area (Å²) in [4.78, 5) is 11.5. The fourth-order valence-electron chi connectivity index (χ4n) is 2.13. The molecule has 1 aromatic carbocycles. The summed E-state index contributed by atoms with van der Waals surface area (Å²) >= 11 is 0. The summed E-state index contributed by atoms with van der Waals surface area (Å²) in [7, 11) is 0. The maximum absolute atomic E-state index is 13.6. The fraction of sp³-hybridized carbons (Fsp3) is 0.462. The highest BCUT2D eigenvalue weighted by molar-refractivity contribution is 5.76. The van der Waals surface area contributed by atoms with Crippen molar-refractivity contribution in [3.05, 3.63) is 29.6 Å². The zero-order valence-electron chi connectivity index (χ0n) is 10.4. The van der Waals surface area contributed by atoms with E-state index in [0.717, 1.165) is 0 Å². The maximum Gasteiger partial charge on any atom is 0.221 e. The number of fused-ring (bicyclic) bond motifs is 1. The van der Waals surface area contributed by atoms with E-state index in [0.29, 0.717) is 12.0 Å². The van der Waals surface area contributed by atoms with Crippen molar-refractivity contribution in [3.63, 3.8) is 0 Å². The Morgan fingerprint density at radius 1 is 1.58 bits per heavy atom. The Morgan fingerprint density at radius 3 is 3.11 bits per heavy atom. The third-order valence-electron chi connectivity index (χ3n) is 3.09. The highest BCUT2D eigenvalue weighted by Gasteiger charge is 2.29. The summed E-state index contributed by atoms with van der Waals surface area (Å²) in [6, 6.07) is 3.88. The number of aliphatic hydroxyl groups is 1. The third kappa shape index (κ3) is 3.02. The zero-order valence-corrected chi connectivity index (χ0v) is 10.4. The van der Waals surface area contributed by atoms with Gasteiger partial charge in [-0.25, -0.2) is 4.39 Å². The first-order valence-corrected chi connectivity index (χ1v) is 6.22. The summed E-state index contributed by atoms with van der Waals surface area (Å²) in [5, 5.41) is 12.9. The maximum atomic E-state index is 13.6. The van der Waals surface area contributed by atoms with Crippen molar-refractivity contribution < 1.29 is 19.0 Å².